The van der Waals surface area contributed by atoms with Crippen LogP contribution in [0.4, 0.5) is 0 Å². The highest BCUT2D eigenvalue weighted by Gasteiger charge is 2.25. The number of aromatic nitrogens is 1. The van der Waals surface area contributed by atoms with Crippen LogP contribution in [0.3, 0.4) is 0 Å². The van der Waals surface area contributed by atoms with Gasteiger partial charge in [0.1, 0.15) is 11.9 Å². The zero-order valence-corrected chi connectivity index (χ0v) is 10.4. The molecule has 2 rings (SSSR count). The second-order valence-corrected chi connectivity index (χ2v) is 4.75. The van der Waals surface area contributed by atoms with E-state index in [1.54, 1.807) is 6.20 Å². The molecular formula is C14H21NO2. The van der Waals surface area contributed by atoms with Gasteiger partial charge in [-0.3, -0.25) is 4.98 Å². The maximum absolute atomic E-state index is 9.05. The van der Waals surface area contributed by atoms with Crippen LogP contribution < -0.4 is 4.74 Å². The topological polar surface area (TPSA) is 42.4 Å². The summed E-state index contributed by atoms with van der Waals surface area (Å²) in [5.41, 5.74) is 0.673. The van der Waals surface area contributed by atoms with Gasteiger partial charge >= 0.3 is 0 Å². The Bertz CT molecular complexity index is 354. The lowest BCUT2D eigenvalue weighted by atomic mass is 9.85. The summed E-state index contributed by atoms with van der Waals surface area (Å²) in [4.78, 5) is 4.06. The summed E-state index contributed by atoms with van der Waals surface area (Å²) in [5.74, 6) is 1.52. The summed E-state index contributed by atoms with van der Waals surface area (Å²) < 4.78 is 6.05. The van der Waals surface area contributed by atoms with Crippen molar-refractivity contribution in [3.63, 3.8) is 0 Å². The van der Waals surface area contributed by atoms with Gasteiger partial charge in [-0.15, -0.1) is 0 Å². The number of nitrogens with zero attached hydrogens (tertiary/aromatic N) is 1. The van der Waals surface area contributed by atoms with Crippen molar-refractivity contribution >= 4 is 0 Å². The van der Waals surface area contributed by atoms with Crippen LogP contribution in [0, 0.1) is 5.92 Å². The summed E-state index contributed by atoms with van der Waals surface area (Å²) >= 11 is 0. The van der Waals surface area contributed by atoms with Crippen LogP contribution in [0.25, 0.3) is 0 Å². The third-order valence-electron chi connectivity index (χ3n) is 3.60. The van der Waals surface area contributed by atoms with Gasteiger partial charge in [-0.25, -0.2) is 0 Å². The molecule has 1 fully saturated rings. The first-order valence-electron chi connectivity index (χ1n) is 6.56. The van der Waals surface area contributed by atoms with E-state index in [1.807, 2.05) is 12.1 Å². The maximum Gasteiger partial charge on any atom is 0.123 e. The fourth-order valence-corrected chi connectivity index (χ4v) is 2.59. The average molecular weight is 235 g/mol. The van der Waals surface area contributed by atoms with Crippen molar-refractivity contribution in [1.82, 2.24) is 4.98 Å². The molecule has 2 atom stereocenters. The number of ether oxygens (including phenoxy) is 1. The van der Waals surface area contributed by atoms with Crippen molar-refractivity contribution in [2.75, 3.05) is 0 Å². The van der Waals surface area contributed by atoms with E-state index >= 15 is 0 Å². The Balaban J connectivity index is 2.02. The van der Waals surface area contributed by atoms with Gasteiger partial charge in [-0.05, 0) is 37.7 Å². The van der Waals surface area contributed by atoms with Crippen molar-refractivity contribution in [2.24, 2.45) is 5.92 Å². The molecule has 1 aliphatic rings. The van der Waals surface area contributed by atoms with Gasteiger partial charge in [0.05, 0.1) is 12.3 Å². The normalized spacial score (nSPS) is 24.6. The highest BCUT2D eigenvalue weighted by Crippen LogP contribution is 2.30. The molecule has 1 aromatic heterocycles. The molecule has 1 saturated carbocycles. The third-order valence-corrected chi connectivity index (χ3v) is 3.60. The molecule has 2 unspecified atom stereocenters. The minimum Gasteiger partial charge on any atom is -0.490 e. The second kappa shape index (κ2) is 6.01. The number of hydrogen-bond acceptors (Lipinski definition) is 3. The molecule has 0 saturated heterocycles. The van der Waals surface area contributed by atoms with Crippen LogP contribution >= 0.6 is 0 Å². The molecule has 1 N–H and O–H groups in total. The van der Waals surface area contributed by atoms with E-state index in [-0.39, 0.29) is 6.61 Å². The van der Waals surface area contributed by atoms with Gasteiger partial charge in [0, 0.05) is 12.3 Å². The third kappa shape index (κ3) is 3.19. The van der Waals surface area contributed by atoms with Crippen LogP contribution in [0.1, 0.15) is 44.7 Å². The molecule has 1 aromatic rings. The van der Waals surface area contributed by atoms with Crippen molar-refractivity contribution < 1.29 is 9.84 Å². The second-order valence-electron chi connectivity index (χ2n) is 4.75. The van der Waals surface area contributed by atoms with E-state index in [1.165, 1.54) is 25.7 Å². The molecule has 3 heteroatoms. The summed E-state index contributed by atoms with van der Waals surface area (Å²) in [6.45, 7) is 2.21. The van der Waals surface area contributed by atoms with Crippen LogP contribution in [0.5, 0.6) is 5.75 Å². The maximum atomic E-state index is 9.05. The first kappa shape index (κ1) is 12.4. The minimum absolute atomic E-state index is 0.0287. The summed E-state index contributed by atoms with van der Waals surface area (Å²) in [5, 5.41) is 9.05. The molecule has 1 heterocycles. The van der Waals surface area contributed by atoms with E-state index in [9.17, 15) is 0 Å². The Morgan fingerprint density at radius 3 is 3.00 bits per heavy atom. The summed E-state index contributed by atoms with van der Waals surface area (Å²) in [6.07, 6.45) is 8.24. The lowest BCUT2D eigenvalue weighted by Crippen LogP contribution is -2.29. The molecule has 0 amide bonds. The summed E-state index contributed by atoms with van der Waals surface area (Å²) in [6, 6.07) is 3.71. The average Bonchev–Trinajstić information content (AvgIpc) is 2.39. The van der Waals surface area contributed by atoms with E-state index in [2.05, 4.69) is 11.9 Å². The summed E-state index contributed by atoms with van der Waals surface area (Å²) in [7, 11) is 0. The minimum atomic E-state index is -0.0287. The number of aliphatic hydroxyl groups excluding tert-OH is 1. The highest BCUT2D eigenvalue weighted by atomic mass is 16.5. The van der Waals surface area contributed by atoms with Crippen LogP contribution in [0.2, 0.25) is 0 Å². The van der Waals surface area contributed by atoms with Gasteiger partial charge < -0.3 is 9.84 Å². The van der Waals surface area contributed by atoms with Gasteiger partial charge in [-0.2, -0.15) is 0 Å². The van der Waals surface area contributed by atoms with E-state index in [0.29, 0.717) is 17.7 Å². The standard InChI is InChI=1S/C14H21NO2/c1-2-11-5-3-4-6-14(11)17-13-7-8-15-12(9-13)10-16/h7-9,11,14,16H,2-6,10H2,1H3. The zero-order chi connectivity index (χ0) is 12.1. The number of hydrogen-bond donors (Lipinski definition) is 1. The number of aliphatic hydroxyl groups is 1. The molecule has 0 aliphatic heterocycles. The first-order valence-corrected chi connectivity index (χ1v) is 6.56. The molecule has 17 heavy (non-hydrogen) atoms. The quantitative estimate of drug-likeness (QED) is 0.872. The van der Waals surface area contributed by atoms with Crippen molar-refractivity contribution in [2.45, 2.75) is 51.7 Å². The number of rotatable bonds is 4. The van der Waals surface area contributed by atoms with E-state index in [4.69, 9.17) is 9.84 Å². The van der Waals surface area contributed by atoms with Crippen LogP contribution in [-0.2, 0) is 6.61 Å². The van der Waals surface area contributed by atoms with Crippen LogP contribution in [-0.4, -0.2) is 16.2 Å². The zero-order valence-electron chi connectivity index (χ0n) is 10.4. The van der Waals surface area contributed by atoms with E-state index in [0.717, 1.165) is 12.2 Å². The van der Waals surface area contributed by atoms with Crippen molar-refractivity contribution in [3.05, 3.63) is 24.0 Å². The van der Waals surface area contributed by atoms with Gasteiger partial charge in [0.15, 0.2) is 0 Å². The molecule has 94 valence electrons. The molecule has 1 aliphatic carbocycles. The van der Waals surface area contributed by atoms with E-state index < -0.39 is 0 Å². The highest BCUT2D eigenvalue weighted by molar-refractivity contribution is 5.22. The SMILES string of the molecule is CCC1CCCCC1Oc1ccnc(CO)c1. The molecule has 0 radical (unpaired) electrons. The number of pyridine rings is 1. The van der Waals surface area contributed by atoms with Gasteiger partial charge in [0.25, 0.3) is 0 Å². The van der Waals surface area contributed by atoms with Crippen molar-refractivity contribution in [1.29, 1.82) is 0 Å². The Morgan fingerprint density at radius 1 is 1.41 bits per heavy atom. The predicted molar refractivity (Wildman–Crippen MR) is 66.8 cm³/mol. The Labute approximate surface area is 103 Å². The lowest BCUT2D eigenvalue weighted by Gasteiger charge is -2.31. The Kier molecular flexibility index (Phi) is 4.37. The Hall–Kier alpha value is -1.09. The van der Waals surface area contributed by atoms with Crippen molar-refractivity contribution in [3.8, 4) is 5.75 Å². The fraction of sp³-hybridized carbons (Fsp3) is 0.643. The first-order chi connectivity index (χ1) is 8.33. The predicted octanol–water partition coefficient (Wildman–Crippen LogP) is 2.92. The van der Waals surface area contributed by atoms with Crippen LogP contribution in [0.15, 0.2) is 18.3 Å². The van der Waals surface area contributed by atoms with Gasteiger partial charge in [0.2, 0.25) is 0 Å². The molecule has 0 spiro atoms. The smallest absolute Gasteiger partial charge is 0.123 e. The fourth-order valence-electron chi connectivity index (χ4n) is 2.59. The largest absolute Gasteiger partial charge is 0.490 e. The van der Waals surface area contributed by atoms with Gasteiger partial charge in [-0.1, -0.05) is 13.3 Å². The molecular weight excluding hydrogens is 214 g/mol. The molecule has 0 aromatic carbocycles. The molecule has 3 nitrogen and oxygen atoms in total. The monoisotopic (exact) mass is 235 g/mol. The Morgan fingerprint density at radius 2 is 2.24 bits per heavy atom. The molecule has 0 bridgehead atoms. The lowest BCUT2D eigenvalue weighted by molar-refractivity contribution is 0.0900.